The third-order valence-corrected chi connectivity index (χ3v) is 2.54. The van der Waals surface area contributed by atoms with Gasteiger partial charge in [-0.05, 0) is 17.7 Å². The van der Waals surface area contributed by atoms with Crippen LogP contribution >= 0.6 is 11.6 Å². The first-order valence-corrected chi connectivity index (χ1v) is 5.21. The molecule has 1 heterocycles. The van der Waals surface area contributed by atoms with E-state index in [0.717, 1.165) is 5.56 Å². The van der Waals surface area contributed by atoms with Crippen molar-refractivity contribution in [2.45, 2.75) is 6.54 Å². The molecule has 0 fully saturated rings. The maximum Gasteiger partial charge on any atom is 0.342 e. The molecule has 0 spiro atoms. The molecule has 0 saturated carbocycles. The van der Waals surface area contributed by atoms with E-state index in [1.807, 2.05) is 0 Å². The number of rotatable bonds is 3. The molecule has 0 aliphatic carbocycles. The summed E-state index contributed by atoms with van der Waals surface area (Å²) in [4.78, 5) is 22.3. The zero-order valence-corrected chi connectivity index (χ0v) is 9.44. The van der Waals surface area contributed by atoms with E-state index in [2.05, 4.69) is 5.10 Å². The van der Waals surface area contributed by atoms with Crippen LogP contribution in [-0.2, 0) is 6.54 Å². The summed E-state index contributed by atoms with van der Waals surface area (Å²) >= 11 is 5.81. The number of nitrogens with one attached hydrogen (secondary N) is 1. The normalized spacial score (nSPS) is 10.4. The number of hydrogen-bond acceptors (Lipinski definition) is 2. The number of carboxylic acids is 1. The Kier molecular flexibility index (Phi) is 3.01. The van der Waals surface area contributed by atoms with E-state index in [9.17, 15) is 9.59 Å². The van der Waals surface area contributed by atoms with Gasteiger partial charge in [0.25, 0.3) is 5.56 Å². The second kappa shape index (κ2) is 4.47. The van der Waals surface area contributed by atoms with E-state index >= 15 is 0 Å². The van der Waals surface area contributed by atoms with Gasteiger partial charge < -0.3 is 10.2 Å². The van der Waals surface area contributed by atoms with Crippen LogP contribution < -0.4 is 5.56 Å². The number of benzene rings is 1. The van der Waals surface area contributed by atoms with Gasteiger partial charge in [-0.25, -0.2) is 9.48 Å². The molecule has 2 aromatic rings. The number of hydrogen-bond donors (Lipinski definition) is 2. The largest absolute Gasteiger partial charge is 0.477 e. The molecular formula is C11H9ClN2O3. The van der Waals surface area contributed by atoms with E-state index in [-0.39, 0.29) is 12.1 Å². The number of aromatic nitrogens is 2. The van der Waals surface area contributed by atoms with Gasteiger partial charge in [0.15, 0.2) is 0 Å². The van der Waals surface area contributed by atoms with Crippen molar-refractivity contribution in [2.75, 3.05) is 0 Å². The number of nitrogens with zero attached hydrogens (tertiary/aromatic N) is 1. The highest BCUT2D eigenvalue weighted by Gasteiger charge is 2.12. The standard InChI is InChI=1S/C11H9ClN2O3/c12-8-3-1-2-7(4-8)6-14-10(15)9(5-13-14)11(16)17/h1-5,13H,6H2,(H,16,17). The van der Waals surface area contributed by atoms with Crippen LogP contribution in [0.2, 0.25) is 5.02 Å². The smallest absolute Gasteiger partial charge is 0.342 e. The molecule has 2 rings (SSSR count). The van der Waals surface area contributed by atoms with Gasteiger partial charge in [0.1, 0.15) is 5.56 Å². The number of aromatic amines is 1. The Labute approximate surface area is 101 Å². The van der Waals surface area contributed by atoms with Crippen molar-refractivity contribution >= 4 is 17.6 Å². The number of H-pyrrole nitrogens is 1. The topological polar surface area (TPSA) is 75.1 Å². The molecule has 0 unspecified atom stereocenters. The minimum absolute atomic E-state index is 0.257. The van der Waals surface area contributed by atoms with Crippen molar-refractivity contribution < 1.29 is 9.90 Å². The van der Waals surface area contributed by atoms with Crippen LogP contribution in [0, 0.1) is 0 Å². The van der Waals surface area contributed by atoms with Crippen molar-refractivity contribution in [2.24, 2.45) is 0 Å². The van der Waals surface area contributed by atoms with Crippen molar-refractivity contribution in [1.82, 2.24) is 9.78 Å². The lowest BCUT2D eigenvalue weighted by Crippen LogP contribution is -2.21. The Morgan fingerprint density at radius 1 is 1.47 bits per heavy atom. The summed E-state index contributed by atoms with van der Waals surface area (Å²) in [6.07, 6.45) is 1.18. The Bertz CT molecular complexity index is 615. The van der Waals surface area contributed by atoms with Crippen molar-refractivity contribution in [3.63, 3.8) is 0 Å². The van der Waals surface area contributed by atoms with E-state index < -0.39 is 11.5 Å². The molecule has 0 bridgehead atoms. The lowest BCUT2D eigenvalue weighted by molar-refractivity contribution is 0.0695. The highest BCUT2D eigenvalue weighted by Crippen LogP contribution is 2.11. The van der Waals surface area contributed by atoms with Gasteiger partial charge >= 0.3 is 5.97 Å². The lowest BCUT2D eigenvalue weighted by atomic mass is 10.2. The Balaban J connectivity index is 2.31. The second-order valence-electron chi connectivity index (χ2n) is 3.51. The molecule has 0 amide bonds. The zero-order valence-electron chi connectivity index (χ0n) is 8.68. The first-order chi connectivity index (χ1) is 8.08. The highest BCUT2D eigenvalue weighted by molar-refractivity contribution is 6.30. The van der Waals surface area contributed by atoms with Gasteiger partial charge in [0.05, 0.1) is 6.54 Å². The third-order valence-electron chi connectivity index (χ3n) is 2.30. The Morgan fingerprint density at radius 3 is 2.82 bits per heavy atom. The molecule has 2 N–H and O–H groups in total. The van der Waals surface area contributed by atoms with Gasteiger partial charge in [-0.3, -0.25) is 4.79 Å². The van der Waals surface area contributed by atoms with E-state index in [4.69, 9.17) is 16.7 Å². The quantitative estimate of drug-likeness (QED) is 0.871. The fourth-order valence-electron chi connectivity index (χ4n) is 1.50. The van der Waals surface area contributed by atoms with E-state index in [1.54, 1.807) is 24.3 Å². The molecule has 1 aromatic heterocycles. The highest BCUT2D eigenvalue weighted by atomic mass is 35.5. The number of carboxylic acid groups (broad SMARTS) is 1. The summed E-state index contributed by atoms with van der Waals surface area (Å²) in [5.74, 6) is -1.24. The van der Waals surface area contributed by atoms with E-state index in [1.165, 1.54) is 10.9 Å². The Hall–Kier alpha value is -2.01. The monoisotopic (exact) mass is 252 g/mol. The number of halogens is 1. The average molecular weight is 253 g/mol. The first kappa shape index (κ1) is 11.5. The molecule has 0 atom stereocenters. The summed E-state index contributed by atoms with van der Waals surface area (Å²) in [6, 6.07) is 7.02. The summed E-state index contributed by atoms with van der Waals surface area (Å²) in [7, 11) is 0. The lowest BCUT2D eigenvalue weighted by Gasteiger charge is -2.02. The van der Waals surface area contributed by atoms with Crippen LogP contribution in [0.4, 0.5) is 0 Å². The van der Waals surface area contributed by atoms with Crippen LogP contribution in [0.1, 0.15) is 15.9 Å². The summed E-state index contributed by atoms with van der Waals surface area (Å²) in [5, 5.41) is 11.9. The van der Waals surface area contributed by atoms with Crippen LogP contribution in [0.25, 0.3) is 0 Å². The molecule has 6 heteroatoms. The Morgan fingerprint density at radius 2 is 2.24 bits per heavy atom. The fourth-order valence-corrected chi connectivity index (χ4v) is 1.71. The average Bonchev–Trinajstić information content (AvgIpc) is 2.61. The summed E-state index contributed by atoms with van der Waals surface area (Å²) in [5.41, 5.74) is -0.0112. The molecule has 5 nitrogen and oxygen atoms in total. The van der Waals surface area contributed by atoms with Crippen LogP contribution in [0.5, 0.6) is 0 Å². The van der Waals surface area contributed by atoms with Crippen LogP contribution in [0.15, 0.2) is 35.3 Å². The molecule has 1 aromatic carbocycles. The van der Waals surface area contributed by atoms with Gasteiger partial charge in [0, 0.05) is 11.2 Å². The molecule has 17 heavy (non-hydrogen) atoms. The summed E-state index contributed by atoms with van der Waals surface area (Å²) < 4.78 is 1.22. The minimum atomic E-state index is -1.24. The number of aromatic carboxylic acids is 1. The van der Waals surface area contributed by atoms with Crippen molar-refractivity contribution in [3.05, 3.63) is 57.0 Å². The molecule has 0 aliphatic heterocycles. The minimum Gasteiger partial charge on any atom is -0.477 e. The van der Waals surface area contributed by atoms with Crippen LogP contribution in [-0.4, -0.2) is 20.9 Å². The van der Waals surface area contributed by atoms with Gasteiger partial charge in [-0.1, -0.05) is 23.7 Å². The molecule has 0 aliphatic rings. The molecule has 0 saturated heterocycles. The summed E-state index contributed by atoms with van der Waals surface area (Å²) in [6.45, 7) is 0.257. The number of carbonyl (C=O) groups is 1. The molecular weight excluding hydrogens is 244 g/mol. The third kappa shape index (κ3) is 2.39. The predicted octanol–water partition coefficient (Wildman–Crippen LogP) is 1.58. The van der Waals surface area contributed by atoms with E-state index in [0.29, 0.717) is 5.02 Å². The maximum atomic E-state index is 11.6. The maximum absolute atomic E-state index is 11.6. The van der Waals surface area contributed by atoms with Gasteiger partial charge in [0.2, 0.25) is 0 Å². The van der Waals surface area contributed by atoms with Crippen molar-refractivity contribution in [1.29, 1.82) is 0 Å². The van der Waals surface area contributed by atoms with Gasteiger partial charge in [-0.2, -0.15) is 0 Å². The SMILES string of the molecule is O=C(O)c1c[nH]n(Cc2cccc(Cl)c2)c1=O. The van der Waals surface area contributed by atoms with Crippen LogP contribution in [0.3, 0.4) is 0 Å². The van der Waals surface area contributed by atoms with Crippen molar-refractivity contribution in [3.8, 4) is 0 Å². The zero-order chi connectivity index (χ0) is 12.4. The predicted molar refractivity (Wildman–Crippen MR) is 62.6 cm³/mol. The molecule has 88 valence electrons. The molecule has 0 radical (unpaired) electrons. The first-order valence-electron chi connectivity index (χ1n) is 4.84. The van der Waals surface area contributed by atoms with Gasteiger partial charge in [-0.15, -0.1) is 0 Å². The fraction of sp³-hybridized carbons (Fsp3) is 0.0909. The second-order valence-corrected chi connectivity index (χ2v) is 3.95.